The van der Waals surface area contributed by atoms with E-state index in [1.165, 1.54) is 19.2 Å². The summed E-state index contributed by atoms with van der Waals surface area (Å²) in [6.07, 6.45) is 0. The molecule has 5 nitrogen and oxygen atoms in total. The summed E-state index contributed by atoms with van der Waals surface area (Å²) in [6, 6.07) is 9.55. The average molecular weight is 399 g/mol. The molecule has 0 atom stereocenters. The number of hydrogen-bond donors (Lipinski definition) is 1. The standard InChI is InChI=1S/C16H13BrClNO4/c1-22-14-6-3-9(7-12(14)17)15(20)19-10-4-5-13(18)11(8-10)16(21)23-2/h3-8H,1-2H3,(H,19,20). The summed E-state index contributed by atoms with van der Waals surface area (Å²) >= 11 is 9.27. The van der Waals surface area contributed by atoms with E-state index in [4.69, 9.17) is 16.3 Å². The summed E-state index contributed by atoms with van der Waals surface area (Å²) in [5.74, 6) is -0.272. The fourth-order valence-electron chi connectivity index (χ4n) is 1.88. The van der Waals surface area contributed by atoms with Crippen molar-refractivity contribution < 1.29 is 19.1 Å². The predicted molar refractivity (Wildman–Crippen MR) is 91.4 cm³/mol. The molecule has 2 aromatic rings. The first-order chi connectivity index (χ1) is 11.0. The molecule has 0 radical (unpaired) electrons. The molecule has 0 heterocycles. The minimum Gasteiger partial charge on any atom is -0.496 e. The number of amides is 1. The topological polar surface area (TPSA) is 64.6 Å². The Hall–Kier alpha value is -2.05. The van der Waals surface area contributed by atoms with Crippen LogP contribution in [0.2, 0.25) is 5.02 Å². The number of rotatable bonds is 4. The Bertz CT molecular complexity index is 764. The molecule has 2 rings (SSSR count). The number of nitrogens with one attached hydrogen (secondary N) is 1. The van der Waals surface area contributed by atoms with Gasteiger partial charge in [-0.2, -0.15) is 0 Å². The number of halogens is 2. The van der Waals surface area contributed by atoms with E-state index in [1.54, 1.807) is 31.4 Å². The Balaban J connectivity index is 2.23. The zero-order valence-electron chi connectivity index (χ0n) is 12.4. The maximum absolute atomic E-state index is 12.3. The molecule has 0 fully saturated rings. The molecule has 2 aromatic carbocycles. The van der Waals surface area contributed by atoms with Crippen molar-refractivity contribution in [3.8, 4) is 5.75 Å². The molecule has 23 heavy (non-hydrogen) atoms. The molecule has 0 saturated carbocycles. The molecule has 0 unspecified atom stereocenters. The van der Waals surface area contributed by atoms with Gasteiger partial charge in [0.1, 0.15) is 5.75 Å². The van der Waals surface area contributed by atoms with Crippen LogP contribution in [-0.4, -0.2) is 26.1 Å². The first kappa shape index (κ1) is 17.3. The molecule has 120 valence electrons. The van der Waals surface area contributed by atoms with Crippen molar-refractivity contribution in [3.63, 3.8) is 0 Å². The summed E-state index contributed by atoms with van der Waals surface area (Å²) in [7, 11) is 2.81. The van der Waals surface area contributed by atoms with Gasteiger partial charge in [-0.05, 0) is 52.3 Å². The quantitative estimate of drug-likeness (QED) is 0.786. The molecule has 0 aliphatic rings. The highest BCUT2D eigenvalue weighted by molar-refractivity contribution is 9.10. The van der Waals surface area contributed by atoms with Crippen molar-refractivity contribution in [2.45, 2.75) is 0 Å². The molecule has 0 bridgehead atoms. The van der Waals surface area contributed by atoms with E-state index in [1.807, 2.05) is 0 Å². The van der Waals surface area contributed by atoms with Crippen LogP contribution in [0.4, 0.5) is 5.69 Å². The van der Waals surface area contributed by atoms with Crippen LogP contribution in [0.5, 0.6) is 5.75 Å². The van der Waals surface area contributed by atoms with Crippen LogP contribution in [0.25, 0.3) is 0 Å². The highest BCUT2D eigenvalue weighted by Crippen LogP contribution is 2.26. The van der Waals surface area contributed by atoms with Crippen molar-refractivity contribution in [3.05, 3.63) is 57.0 Å². The molecule has 1 N–H and O–H groups in total. The Morgan fingerprint density at radius 1 is 1.13 bits per heavy atom. The van der Waals surface area contributed by atoms with Gasteiger partial charge in [-0.25, -0.2) is 4.79 Å². The third kappa shape index (κ3) is 4.03. The van der Waals surface area contributed by atoms with E-state index in [0.717, 1.165) is 0 Å². The van der Waals surface area contributed by atoms with E-state index in [-0.39, 0.29) is 16.5 Å². The molecule has 0 aliphatic carbocycles. The van der Waals surface area contributed by atoms with Gasteiger partial charge < -0.3 is 14.8 Å². The van der Waals surface area contributed by atoms with Gasteiger partial charge in [0.15, 0.2) is 0 Å². The monoisotopic (exact) mass is 397 g/mol. The largest absolute Gasteiger partial charge is 0.496 e. The van der Waals surface area contributed by atoms with E-state index in [9.17, 15) is 9.59 Å². The van der Waals surface area contributed by atoms with E-state index in [0.29, 0.717) is 21.5 Å². The number of esters is 1. The number of benzene rings is 2. The van der Waals surface area contributed by atoms with Crippen LogP contribution in [0.1, 0.15) is 20.7 Å². The van der Waals surface area contributed by atoms with E-state index >= 15 is 0 Å². The second-order valence-electron chi connectivity index (χ2n) is 4.49. The van der Waals surface area contributed by atoms with Gasteiger partial charge in [-0.15, -0.1) is 0 Å². The second kappa shape index (κ2) is 7.48. The van der Waals surface area contributed by atoms with E-state index in [2.05, 4.69) is 26.0 Å². The highest BCUT2D eigenvalue weighted by Gasteiger charge is 2.14. The molecule has 0 saturated heterocycles. The maximum Gasteiger partial charge on any atom is 0.339 e. The first-order valence-corrected chi connectivity index (χ1v) is 7.66. The van der Waals surface area contributed by atoms with Crippen LogP contribution < -0.4 is 10.1 Å². The first-order valence-electron chi connectivity index (χ1n) is 6.49. The lowest BCUT2D eigenvalue weighted by atomic mass is 10.1. The van der Waals surface area contributed by atoms with Gasteiger partial charge in [0.25, 0.3) is 5.91 Å². The fourth-order valence-corrected chi connectivity index (χ4v) is 2.62. The average Bonchev–Trinajstić information content (AvgIpc) is 2.55. The van der Waals surface area contributed by atoms with Gasteiger partial charge in [0.05, 0.1) is 29.3 Å². The lowest BCUT2D eigenvalue weighted by Gasteiger charge is -2.09. The Morgan fingerprint density at radius 3 is 2.48 bits per heavy atom. The SMILES string of the molecule is COC(=O)c1cc(NC(=O)c2ccc(OC)c(Br)c2)ccc1Cl. The molecular weight excluding hydrogens is 386 g/mol. The fraction of sp³-hybridized carbons (Fsp3) is 0.125. The summed E-state index contributed by atoms with van der Waals surface area (Å²) in [6.45, 7) is 0. The lowest BCUT2D eigenvalue weighted by Crippen LogP contribution is -2.13. The van der Waals surface area contributed by atoms with Crippen LogP contribution in [0, 0.1) is 0 Å². The minimum atomic E-state index is -0.571. The van der Waals surface area contributed by atoms with Crippen molar-refractivity contribution in [2.75, 3.05) is 19.5 Å². The zero-order valence-corrected chi connectivity index (χ0v) is 14.7. The zero-order chi connectivity index (χ0) is 17.0. The smallest absolute Gasteiger partial charge is 0.339 e. The highest BCUT2D eigenvalue weighted by atomic mass is 79.9. The molecular formula is C16H13BrClNO4. The summed E-state index contributed by atoms with van der Waals surface area (Å²) in [5.41, 5.74) is 1.06. The van der Waals surface area contributed by atoms with Crippen molar-refractivity contribution in [1.29, 1.82) is 0 Å². The number of carbonyl (C=O) groups excluding carboxylic acids is 2. The summed E-state index contributed by atoms with van der Waals surface area (Å²) in [5, 5.41) is 2.95. The van der Waals surface area contributed by atoms with Crippen molar-refractivity contribution in [1.82, 2.24) is 0 Å². The van der Waals surface area contributed by atoms with E-state index < -0.39 is 5.97 Å². The lowest BCUT2D eigenvalue weighted by molar-refractivity contribution is 0.0600. The maximum atomic E-state index is 12.3. The Morgan fingerprint density at radius 2 is 1.87 bits per heavy atom. The molecule has 0 aromatic heterocycles. The van der Waals surface area contributed by atoms with Crippen molar-refractivity contribution >= 4 is 45.1 Å². The Labute approximate surface area is 146 Å². The van der Waals surface area contributed by atoms with Crippen molar-refractivity contribution in [2.24, 2.45) is 0 Å². The number of carbonyl (C=O) groups is 2. The van der Waals surface area contributed by atoms with Gasteiger partial charge in [-0.3, -0.25) is 4.79 Å². The Kier molecular flexibility index (Phi) is 5.63. The van der Waals surface area contributed by atoms with Gasteiger partial charge in [0, 0.05) is 11.3 Å². The third-order valence-corrected chi connectivity index (χ3v) is 3.99. The second-order valence-corrected chi connectivity index (χ2v) is 5.75. The normalized spacial score (nSPS) is 10.1. The van der Waals surface area contributed by atoms with Crippen LogP contribution >= 0.6 is 27.5 Å². The molecule has 0 aliphatic heterocycles. The number of anilines is 1. The van der Waals surface area contributed by atoms with Crippen LogP contribution in [0.3, 0.4) is 0 Å². The van der Waals surface area contributed by atoms with Crippen LogP contribution in [0.15, 0.2) is 40.9 Å². The van der Waals surface area contributed by atoms with Crippen LogP contribution in [-0.2, 0) is 4.74 Å². The summed E-state index contributed by atoms with van der Waals surface area (Å²) < 4.78 is 10.4. The van der Waals surface area contributed by atoms with Gasteiger partial charge in [0.2, 0.25) is 0 Å². The van der Waals surface area contributed by atoms with Gasteiger partial charge in [-0.1, -0.05) is 11.6 Å². The number of ether oxygens (including phenoxy) is 2. The third-order valence-electron chi connectivity index (χ3n) is 3.04. The molecule has 1 amide bonds. The molecule has 0 spiro atoms. The minimum absolute atomic E-state index is 0.183. The molecule has 7 heteroatoms. The number of methoxy groups -OCH3 is 2. The van der Waals surface area contributed by atoms with Gasteiger partial charge >= 0.3 is 5.97 Å². The summed E-state index contributed by atoms with van der Waals surface area (Å²) in [4.78, 5) is 23.9. The predicted octanol–water partition coefficient (Wildman–Crippen LogP) is 4.15. The number of hydrogen-bond acceptors (Lipinski definition) is 4.